The maximum absolute atomic E-state index is 13.8. The molecule has 10 heteroatoms. The largest absolute Gasteiger partial charge is 0.493 e. The highest BCUT2D eigenvalue weighted by atomic mass is 35.5. The number of carbonyl (C=O) groups excluding carboxylic acids is 1. The standard InChI is InChI=1S/C44H43ClN2O7/c1-46-17-15-28-21-36(49-3)39-24-32(28)34(46)19-26-11-13-31(14-12-26)52-38-23-30(33(45)25-37(38)50-4)20-35-41-29(16-18-47(35)2)22-40(51-5)42(43(41)53-39)54-44(48)27-9-7-6-8-10-27/h6-14,21-25,34-35H,15-20H2,1-5H3/t34-,35-/m0/s1. The zero-order valence-corrected chi connectivity index (χ0v) is 31.9. The van der Waals surface area contributed by atoms with Gasteiger partial charge in [-0.1, -0.05) is 41.9 Å². The van der Waals surface area contributed by atoms with E-state index in [0.717, 1.165) is 60.2 Å². The van der Waals surface area contributed by atoms with Crippen molar-refractivity contribution in [3.63, 3.8) is 0 Å². The Morgan fingerprint density at radius 1 is 0.704 bits per heavy atom. The number of hydrogen-bond acceptors (Lipinski definition) is 9. The molecule has 4 aliphatic heterocycles. The molecule has 54 heavy (non-hydrogen) atoms. The molecule has 4 aliphatic rings. The van der Waals surface area contributed by atoms with E-state index in [1.54, 1.807) is 51.7 Å². The van der Waals surface area contributed by atoms with Crippen molar-refractivity contribution >= 4 is 17.6 Å². The smallest absolute Gasteiger partial charge is 0.343 e. The second kappa shape index (κ2) is 14.9. The first-order chi connectivity index (χ1) is 26.2. The predicted octanol–water partition coefficient (Wildman–Crippen LogP) is 9.03. The summed E-state index contributed by atoms with van der Waals surface area (Å²) in [5.74, 6) is 3.35. The Morgan fingerprint density at radius 3 is 2.07 bits per heavy atom. The number of esters is 1. The summed E-state index contributed by atoms with van der Waals surface area (Å²) in [6.07, 6.45) is 2.85. The van der Waals surface area contributed by atoms with Crippen LogP contribution in [0.3, 0.4) is 0 Å². The molecule has 0 aromatic heterocycles. The molecule has 278 valence electrons. The molecule has 2 atom stereocenters. The zero-order chi connectivity index (χ0) is 37.5. The molecule has 0 N–H and O–H groups in total. The number of rotatable bonds is 5. The van der Waals surface area contributed by atoms with Gasteiger partial charge in [-0.05, 0) is 116 Å². The quantitative estimate of drug-likeness (QED) is 0.129. The van der Waals surface area contributed by atoms with Gasteiger partial charge in [-0.25, -0.2) is 4.79 Å². The number of nitrogens with zero attached hydrogens (tertiary/aromatic N) is 2. The van der Waals surface area contributed by atoms with Crippen LogP contribution in [-0.2, 0) is 25.7 Å². The van der Waals surface area contributed by atoms with E-state index in [9.17, 15) is 4.79 Å². The molecule has 0 saturated heterocycles. The highest BCUT2D eigenvalue weighted by Gasteiger charge is 2.36. The van der Waals surface area contributed by atoms with E-state index in [-0.39, 0.29) is 17.8 Å². The number of likely N-dealkylation sites (N-methyl/N-ethyl adjacent to an activating group) is 2. The Balaban J connectivity index is 1.38. The summed E-state index contributed by atoms with van der Waals surface area (Å²) in [6, 6.07) is 26.9. The molecular weight excluding hydrogens is 704 g/mol. The molecule has 5 aromatic rings. The number of fused-ring (bicyclic) bond motifs is 2. The van der Waals surface area contributed by atoms with Gasteiger partial charge in [0.2, 0.25) is 5.75 Å². The van der Waals surface area contributed by atoms with Crippen molar-refractivity contribution in [3.05, 3.63) is 129 Å². The third kappa shape index (κ3) is 6.72. The molecule has 0 unspecified atom stereocenters. The number of methoxy groups -OCH3 is 3. The normalized spacial score (nSPS) is 18.0. The Hall–Kier alpha value is -5.22. The monoisotopic (exact) mass is 746 g/mol. The molecule has 9 nitrogen and oxygen atoms in total. The Kier molecular flexibility index (Phi) is 9.87. The van der Waals surface area contributed by atoms with Crippen molar-refractivity contribution < 1.29 is 33.2 Å². The van der Waals surface area contributed by atoms with E-state index < -0.39 is 5.97 Å². The summed E-state index contributed by atoms with van der Waals surface area (Å²) >= 11 is 7.01. The van der Waals surface area contributed by atoms with Crippen molar-refractivity contribution in [1.29, 1.82) is 0 Å². The lowest BCUT2D eigenvalue weighted by atomic mass is 9.87. The maximum Gasteiger partial charge on any atom is 0.343 e. The summed E-state index contributed by atoms with van der Waals surface area (Å²) in [5.41, 5.74) is 6.68. The fourth-order valence-corrected chi connectivity index (χ4v) is 8.17. The number of hydrogen-bond donors (Lipinski definition) is 0. The zero-order valence-electron chi connectivity index (χ0n) is 31.1. The number of benzene rings is 5. The minimum absolute atomic E-state index is 0.0695. The minimum Gasteiger partial charge on any atom is -0.493 e. The van der Waals surface area contributed by atoms with Crippen LogP contribution in [0.2, 0.25) is 5.02 Å². The second-order valence-corrected chi connectivity index (χ2v) is 14.5. The van der Waals surface area contributed by atoms with E-state index in [4.69, 9.17) is 40.0 Å². The average molecular weight is 747 g/mol. The van der Waals surface area contributed by atoms with Gasteiger partial charge in [0.15, 0.2) is 34.5 Å². The first-order valence-electron chi connectivity index (χ1n) is 18.2. The van der Waals surface area contributed by atoms with E-state index >= 15 is 0 Å². The van der Waals surface area contributed by atoms with Crippen LogP contribution in [0.1, 0.15) is 55.8 Å². The SMILES string of the molecule is COc1cc(Cl)c2cc1Oc1ccc(cc1)C[C@H]1c3cc(c(OC)cc3CCN1C)Oc1c(OC(=O)c3ccccc3)c(OC)cc3c1[C@H](C2)N(C)CC3. The van der Waals surface area contributed by atoms with Crippen LogP contribution in [0.25, 0.3) is 0 Å². The maximum atomic E-state index is 13.8. The van der Waals surface area contributed by atoms with Crippen LogP contribution < -0.4 is 28.4 Å². The molecule has 0 radical (unpaired) electrons. The van der Waals surface area contributed by atoms with Gasteiger partial charge in [0.1, 0.15) is 5.75 Å². The number of ether oxygens (including phenoxy) is 6. The van der Waals surface area contributed by atoms with Gasteiger partial charge in [-0.2, -0.15) is 0 Å². The van der Waals surface area contributed by atoms with Crippen LogP contribution in [-0.4, -0.2) is 64.3 Å². The third-order valence-electron chi connectivity index (χ3n) is 10.9. The van der Waals surface area contributed by atoms with E-state index in [0.29, 0.717) is 57.3 Å². The van der Waals surface area contributed by atoms with Crippen LogP contribution in [0.15, 0.2) is 84.9 Å². The molecule has 0 fully saturated rings. The lowest BCUT2D eigenvalue weighted by molar-refractivity contribution is 0.0724. The lowest BCUT2D eigenvalue weighted by Crippen LogP contribution is -2.34. The van der Waals surface area contributed by atoms with Gasteiger partial charge in [0.05, 0.1) is 26.9 Å². The van der Waals surface area contributed by atoms with Gasteiger partial charge < -0.3 is 28.4 Å². The highest BCUT2D eigenvalue weighted by molar-refractivity contribution is 6.31. The highest BCUT2D eigenvalue weighted by Crippen LogP contribution is 2.52. The fraction of sp³-hybridized carbons (Fsp3) is 0.295. The van der Waals surface area contributed by atoms with Crippen molar-refractivity contribution in [2.75, 3.05) is 48.5 Å². The Morgan fingerprint density at radius 2 is 1.35 bits per heavy atom. The Bertz CT molecular complexity index is 2210. The minimum atomic E-state index is -0.529. The van der Waals surface area contributed by atoms with E-state index in [2.05, 4.69) is 48.2 Å². The second-order valence-electron chi connectivity index (χ2n) is 14.1. The first-order valence-corrected chi connectivity index (χ1v) is 18.6. The molecule has 0 saturated carbocycles. The van der Waals surface area contributed by atoms with Crippen molar-refractivity contribution in [3.8, 4) is 46.0 Å². The third-order valence-corrected chi connectivity index (χ3v) is 11.3. The average Bonchev–Trinajstić information content (AvgIpc) is 3.19. The van der Waals surface area contributed by atoms with E-state index in [1.165, 1.54) is 5.56 Å². The molecule has 0 aliphatic carbocycles. The summed E-state index contributed by atoms with van der Waals surface area (Å²) < 4.78 is 37.6. The summed E-state index contributed by atoms with van der Waals surface area (Å²) in [5, 5.41) is 0.544. The molecule has 4 heterocycles. The molecule has 6 bridgehead atoms. The van der Waals surface area contributed by atoms with Gasteiger partial charge in [-0.15, -0.1) is 0 Å². The van der Waals surface area contributed by atoms with Crippen molar-refractivity contribution in [2.45, 2.75) is 37.8 Å². The van der Waals surface area contributed by atoms with Crippen LogP contribution >= 0.6 is 11.6 Å². The molecular formula is C44H43ClN2O7. The lowest BCUT2D eigenvalue weighted by Gasteiger charge is -2.37. The van der Waals surface area contributed by atoms with Crippen LogP contribution in [0.5, 0.6) is 46.0 Å². The van der Waals surface area contributed by atoms with Gasteiger partial charge in [-0.3, -0.25) is 9.80 Å². The molecule has 5 aromatic carbocycles. The number of halogens is 1. The van der Waals surface area contributed by atoms with Gasteiger partial charge in [0.25, 0.3) is 0 Å². The molecule has 0 spiro atoms. The molecule has 9 rings (SSSR count). The summed E-state index contributed by atoms with van der Waals surface area (Å²) in [4.78, 5) is 18.5. The molecule has 0 amide bonds. The number of carbonyl (C=O) groups is 1. The van der Waals surface area contributed by atoms with Crippen molar-refractivity contribution in [1.82, 2.24) is 9.80 Å². The predicted molar refractivity (Wildman–Crippen MR) is 208 cm³/mol. The fourth-order valence-electron chi connectivity index (χ4n) is 7.93. The summed E-state index contributed by atoms with van der Waals surface area (Å²) in [7, 11) is 9.08. The first kappa shape index (κ1) is 35.8. The topological polar surface area (TPSA) is 78.9 Å². The van der Waals surface area contributed by atoms with E-state index in [1.807, 2.05) is 30.3 Å². The van der Waals surface area contributed by atoms with Crippen molar-refractivity contribution in [2.24, 2.45) is 0 Å². The van der Waals surface area contributed by atoms with Gasteiger partial charge >= 0.3 is 5.97 Å². The Labute approximate surface area is 320 Å². The van der Waals surface area contributed by atoms with Gasteiger partial charge in [0, 0.05) is 41.8 Å². The van der Waals surface area contributed by atoms with Crippen LogP contribution in [0.4, 0.5) is 0 Å². The van der Waals surface area contributed by atoms with Crippen LogP contribution in [0, 0.1) is 0 Å². The summed E-state index contributed by atoms with van der Waals surface area (Å²) in [6.45, 7) is 1.67.